The molecule has 0 aromatic heterocycles. The molecule has 3 rings (SSSR count). The lowest BCUT2D eigenvalue weighted by Crippen LogP contribution is -2.57. The average molecular weight is 281 g/mol. The van der Waals surface area contributed by atoms with E-state index in [1.807, 2.05) is 4.90 Å². The summed E-state index contributed by atoms with van der Waals surface area (Å²) in [4.78, 5) is 27.6. The van der Waals surface area contributed by atoms with Gasteiger partial charge in [0.1, 0.15) is 5.54 Å². The molecule has 3 aliphatic rings. The van der Waals surface area contributed by atoms with Crippen molar-refractivity contribution in [3.05, 3.63) is 0 Å². The van der Waals surface area contributed by atoms with E-state index in [0.29, 0.717) is 24.8 Å². The number of rotatable bonds is 2. The minimum absolute atomic E-state index is 0.198. The molecule has 0 aromatic rings. The van der Waals surface area contributed by atoms with Gasteiger partial charge in [0.25, 0.3) is 0 Å². The molecule has 2 unspecified atom stereocenters. The second-order valence-corrected chi connectivity index (χ2v) is 6.50. The third-order valence-corrected chi connectivity index (χ3v) is 5.14. The number of carbonyl (C=O) groups excluding carboxylic acids is 1. The molecule has 2 heterocycles. The zero-order chi connectivity index (χ0) is 14.3. The number of fused-ring (bicyclic) bond motifs is 1. The van der Waals surface area contributed by atoms with Crippen molar-refractivity contribution in [2.24, 2.45) is 5.92 Å². The van der Waals surface area contributed by atoms with E-state index in [2.05, 4.69) is 17.3 Å². The van der Waals surface area contributed by atoms with Gasteiger partial charge in [-0.2, -0.15) is 0 Å². The number of hydrogen-bond donors (Lipinski definition) is 2. The van der Waals surface area contributed by atoms with Gasteiger partial charge in [-0.05, 0) is 51.6 Å². The van der Waals surface area contributed by atoms with Crippen LogP contribution in [0, 0.1) is 5.92 Å². The Labute approximate surface area is 119 Å². The lowest BCUT2D eigenvalue weighted by molar-refractivity contribution is -0.140. The Morgan fingerprint density at radius 2 is 2.00 bits per heavy atom. The fourth-order valence-electron chi connectivity index (χ4n) is 3.64. The normalized spacial score (nSPS) is 32.4. The number of nitrogens with one attached hydrogen (secondary N) is 1. The molecule has 0 bridgehead atoms. The molecule has 2 saturated heterocycles. The van der Waals surface area contributed by atoms with Crippen molar-refractivity contribution in [3.8, 4) is 0 Å². The fourth-order valence-corrected chi connectivity index (χ4v) is 3.64. The van der Waals surface area contributed by atoms with E-state index in [9.17, 15) is 9.59 Å². The van der Waals surface area contributed by atoms with Crippen LogP contribution in [0.15, 0.2) is 0 Å². The SMILES string of the molecule is CN1CCCC2CN(C(=O)NC3(C(=O)O)CC3)CCC21. The average Bonchev–Trinajstić information content (AvgIpc) is 3.19. The molecule has 2 atom stereocenters. The van der Waals surface area contributed by atoms with Crippen molar-refractivity contribution >= 4 is 12.0 Å². The largest absolute Gasteiger partial charge is 0.480 e. The van der Waals surface area contributed by atoms with Crippen molar-refractivity contribution in [1.82, 2.24) is 15.1 Å². The van der Waals surface area contributed by atoms with E-state index in [1.165, 1.54) is 12.8 Å². The Morgan fingerprint density at radius 3 is 2.65 bits per heavy atom. The molecule has 2 aliphatic heterocycles. The van der Waals surface area contributed by atoms with Gasteiger partial charge in [0.15, 0.2) is 0 Å². The van der Waals surface area contributed by atoms with Crippen LogP contribution in [0.3, 0.4) is 0 Å². The Hall–Kier alpha value is -1.30. The molecule has 1 aliphatic carbocycles. The van der Waals surface area contributed by atoms with E-state index in [4.69, 9.17) is 5.11 Å². The number of amides is 2. The first kappa shape index (κ1) is 13.7. The lowest BCUT2D eigenvalue weighted by atomic mass is 9.84. The van der Waals surface area contributed by atoms with Crippen LogP contribution in [0.5, 0.6) is 0 Å². The molecule has 20 heavy (non-hydrogen) atoms. The van der Waals surface area contributed by atoms with Gasteiger partial charge in [-0.1, -0.05) is 0 Å². The zero-order valence-electron chi connectivity index (χ0n) is 12.0. The minimum atomic E-state index is -0.975. The third-order valence-electron chi connectivity index (χ3n) is 5.14. The number of urea groups is 1. The molecule has 2 N–H and O–H groups in total. The number of likely N-dealkylation sites (tertiary alicyclic amines) is 2. The standard InChI is InChI=1S/C14H23N3O3/c1-16-7-2-3-10-9-17(8-4-11(10)16)13(20)15-14(5-6-14)12(18)19/h10-11H,2-9H2,1H3,(H,15,20)(H,18,19). The van der Waals surface area contributed by atoms with Crippen LogP contribution < -0.4 is 5.32 Å². The lowest BCUT2D eigenvalue weighted by Gasteiger charge is -2.46. The molecule has 6 heteroatoms. The molecule has 3 fully saturated rings. The van der Waals surface area contributed by atoms with Gasteiger partial charge in [0, 0.05) is 19.1 Å². The van der Waals surface area contributed by atoms with Crippen LogP contribution in [0.25, 0.3) is 0 Å². The van der Waals surface area contributed by atoms with Crippen molar-refractivity contribution in [1.29, 1.82) is 0 Å². The number of carbonyl (C=O) groups is 2. The molecule has 1 saturated carbocycles. The molecule has 2 amide bonds. The van der Waals surface area contributed by atoms with Crippen molar-refractivity contribution < 1.29 is 14.7 Å². The number of aliphatic carboxylic acids is 1. The number of nitrogens with zero attached hydrogens (tertiary/aromatic N) is 2. The predicted octanol–water partition coefficient (Wildman–Crippen LogP) is 0.729. The van der Waals surface area contributed by atoms with Gasteiger partial charge in [-0.25, -0.2) is 9.59 Å². The topological polar surface area (TPSA) is 72.9 Å². The third kappa shape index (κ3) is 2.37. The quantitative estimate of drug-likeness (QED) is 0.782. The monoisotopic (exact) mass is 281 g/mol. The Kier molecular flexibility index (Phi) is 3.36. The molecule has 0 spiro atoms. The van der Waals surface area contributed by atoms with E-state index in [-0.39, 0.29) is 6.03 Å². The zero-order valence-corrected chi connectivity index (χ0v) is 12.0. The summed E-state index contributed by atoms with van der Waals surface area (Å²) in [6, 6.07) is 0.388. The number of hydrogen-bond acceptors (Lipinski definition) is 3. The summed E-state index contributed by atoms with van der Waals surface area (Å²) in [6.45, 7) is 2.64. The highest BCUT2D eigenvalue weighted by Gasteiger charge is 2.52. The number of carboxylic acids is 1. The van der Waals surface area contributed by atoms with E-state index >= 15 is 0 Å². The maximum atomic E-state index is 12.3. The van der Waals surface area contributed by atoms with Gasteiger partial charge in [0.2, 0.25) is 0 Å². The Bertz CT molecular complexity index is 422. The number of carboxylic acid groups (broad SMARTS) is 1. The van der Waals surface area contributed by atoms with Crippen LogP contribution in [-0.2, 0) is 4.79 Å². The first-order chi connectivity index (χ1) is 9.52. The highest BCUT2D eigenvalue weighted by atomic mass is 16.4. The van der Waals surface area contributed by atoms with Crippen molar-refractivity contribution in [2.75, 3.05) is 26.7 Å². The molecular weight excluding hydrogens is 258 g/mol. The maximum Gasteiger partial charge on any atom is 0.329 e. The molecule has 6 nitrogen and oxygen atoms in total. The van der Waals surface area contributed by atoms with Gasteiger partial charge < -0.3 is 20.2 Å². The smallest absolute Gasteiger partial charge is 0.329 e. The van der Waals surface area contributed by atoms with Gasteiger partial charge >= 0.3 is 12.0 Å². The summed E-state index contributed by atoms with van der Waals surface area (Å²) in [5.74, 6) is -0.369. The molecular formula is C14H23N3O3. The van der Waals surface area contributed by atoms with Gasteiger partial charge in [0.05, 0.1) is 0 Å². The maximum absolute atomic E-state index is 12.3. The summed E-state index contributed by atoms with van der Waals surface area (Å²) in [6.07, 6.45) is 4.46. The Morgan fingerprint density at radius 1 is 1.25 bits per heavy atom. The predicted molar refractivity (Wildman–Crippen MR) is 73.5 cm³/mol. The van der Waals surface area contributed by atoms with Gasteiger partial charge in [-0.3, -0.25) is 0 Å². The highest BCUT2D eigenvalue weighted by molar-refractivity contribution is 5.89. The van der Waals surface area contributed by atoms with Crippen LogP contribution in [-0.4, -0.2) is 65.2 Å². The summed E-state index contributed by atoms with van der Waals surface area (Å²) in [7, 11) is 2.16. The van der Waals surface area contributed by atoms with Crippen LogP contribution in [0.1, 0.15) is 32.1 Å². The summed E-state index contributed by atoms with van der Waals surface area (Å²) in [5.41, 5.74) is -0.975. The first-order valence-corrected chi connectivity index (χ1v) is 7.52. The Balaban J connectivity index is 1.59. The summed E-state index contributed by atoms with van der Waals surface area (Å²) < 4.78 is 0. The van der Waals surface area contributed by atoms with Crippen LogP contribution >= 0.6 is 0 Å². The second kappa shape index (κ2) is 4.91. The van der Waals surface area contributed by atoms with Crippen molar-refractivity contribution in [2.45, 2.75) is 43.7 Å². The first-order valence-electron chi connectivity index (χ1n) is 7.52. The summed E-state index contributed by atoms with van der Waals surface area (Å²) >= 11 is 0. The van der Waals surface area contributed by atoms with E-state index < -0.39 is 11.5 Å². The second-order valence-electron chi connectivity index (χ2n) is 6.50. The highest BCUT2D eigenvalue weighted by Crippen LogP contribution is 2.36. The van der Waals surface area contributed by atoms with Crippen LogP contribution in [0.4, 0.5) is 4.79 Å². The number of piperidine rings is 2. The van der Waals surface area contributed by atoms with E-state index in [1.54, 1.807) is 0 Å². The van der Waals surface area contributed by atoms with Gasteiger partial charge in [-0.15, -0.1) is 0 Å². The molecule has 112 valence electrons. The molecule has 0 aromatic carbocycles. The fraction of sp³-hybridized carbons (Fsp3) is 0.857. The minimum Gasteiger partial charge on any atom is -0.480 e. The van der Waals surface area contributed by atoms with Crippen molar-refractivity contribution in [3.63, 3.8) is 0 Å². The van der Waals surface area contributed by atoms with E-state index in [0.717, 1.165) is 26.1 Å². The summed E-state index contributed by atoms with van der Waals surface area (Å²) in [5, 5.41) is 11.9. The van der Waals surface area contributed by atoms with Crippen LogP contribution in [0.2, 0.25) is 0 Å². The molecule has 0 radical (unpaired) electrons.